The number of anilines is 1. The van der Waals surface area contributed by atoms with Crippen molar-refractivity contribution in [2.45, 2.75) is 0 Å². The lowest BCUT2D eigenvalue weighted by Gasteiger charge is -2.07. The monoisotopic (exact) mass is 292 g/mol. The van der Waals surface area contributed by atoms with Gasteiger partial charge in [-0.25, -0.2) is 4.39 Å². The first-order valence-corrected chi connectivity index (χ1v) is 6.01. The van der Waals surface area contributed by atoms with Crippen molar-refractivity contribution in [1.29, 1.82) is 0 Å². The Hall–Kier alpha value is -2.40. The van der Waals surface area contributed by atoms with Crippen molar-refractivity contribution in [3.8, 4) is 0 Å². The third kappa shape index (κ3) is 3.13. The fraction of sp³-hybridized carbons (Fsp3) is 0. The van der Waals surface area contributed by atoms with E-state index in [-0.39, 0.29) is 16.1 Å². The SMILES string of the molecule is NC(=O)c1ccc(NC(=O)c2cccc(F)c2)cc1Cl. The zero-order valence-electron chi connectivity index (χ0n) is 10.2. The maximum absolute atomic E-state index is 13.0. The van der Waals surface area contributed by atoms with Gasteiger partial charge in [0.15, 0.2) is 0 Å². The van der Waals surface area contributed by atoms with Crippen LogP contribution in [-0.4, -0.2) is 11.8 Å². The average Bonchev–Trinajstić information content (AvgIpc) is 2.38. The Kier molecular flexibility index (Phi) is 4.00. The molecule has 2 aromatic carbocycles. The summed E-state index contributed by atoms with van der Waals surface area (Å²) in [5.41, 5.74) is 5.85. The Morgan fingerprint density at radius 1 is 1.15 bits per heavy atom. The molecule has 0 heterocycles. The zero-order chi connectivity index (χ0) is 14.7. The fourth-order valence-corrected chi connectivity index (χ4v) is 1.90. The Balaban J connectivity index is 2.20. The van der Waals surface area contributed by atoms with Gasteiger partial charge in [-0.2, -0.15) is 0 Å². The molecule has 0 aliphatic rings. The molecule has 2 aromatic rings. The zero-order valence-corrected chi connectivity index (χ0v) is 10.9. The van der Waals surface area contributed by atoms with Crippen LogP contribution in [0.3, 0.4) is 0 Å². The number of hydrogen-bond donors (Lipinski definition) is 2. The molecule has 2 rings (SSSR count). The molecule has 102 valence electrons. The highest BCUT2D eigenvalue weighted by Gasteiger charge is 2.10. The molecule has 0 atom stereocenters. The normalized spacial score (nSPS) is 10.1. The number of hydrogen-bond acceptors (Lipinski definition) is 2. The smallest absolute Gasteiger partial charge is 0.255 e. The first-order chi connectivity index (χ1) is 9.47. The van der Waals surface area contributed by atoms with E-state index in [1.54, 1.807) is 0 Å². The van der Waals surface area contributed by atoms with Gasteiger partial charge in [-0.1, -0.05) is 17.7 Å². The predicted octanol–water partition coefficient (Wildman–Crippen LogP) is 2.83. The molecule has 4 nitrogen and oxygen atoms in total. The Morgan fingerprint density at radius 2 is 1.90 bits per heavy atom. The maximum Gasteiger partial charge on any atom is 0.255 e. The molecular formula is C14H10ClFN2O2. The summed E-state index contributed by atoms with van der Waals surface area (Å²) in [5, 5.41) is 2.68. The van der Waals surface area contributed by atoms with Gasteiger partial charge >= 0.3 is 0 Å². The molecule has 0 aliphatic carbocycles. The summed E-state index contributed by atoms with van der Waals surface area (Å²) in [7, 11) is 0. The van der Waals surface area contributed by atoms with E-state index < -0.39 is 17.6 Å². The minimum atomic E-state index is -0.655. The maximum atomic E-state index is 13.0. The summed E-state index contributed by atoms with van der Waals surface area (Å²) in [4.78, 5) is 22.9. The number of halogens is 2. The number of amides is 2. The van der Waals surface area contributed by atoms with Gasteiger partial charge in [-0.3, -0.25) is 9.59 Å². The minimum absolute atomic E-state index is 0.134. The highest BCUT2D eigenvalue weighted by atomic mass is 35.5. The van der Waals surface area contributed by atoms with E-state index in [4.69, 9.17) is 17.3 Å². The van der Waals surface area contributed by atoms with Crippen LogP contribution < -0.4 is 11.1 Å². The fourth-order valence-electron chi connectivity index (χ4n) is 1.63. The van der Waals surface area contributed by atoms with Gasteiger partial charge in [0, 0.05) is 11.3 Å². The first kappa shape index (κ1) is 14.0. The van der Waals surface area contributed by atoms with E-state index in [1.165, 1.54) is 36.4 Å². The second kappa shape index (κ2) is 5.71. The molecule has 0 spiro atoms. The number of benzene rings is 2. The summed E-state index contributed by atoms with van der Waals surface area (Å²) in [5.74, 6) is -1.63. The van der Waals surface area contributed by atoms with Gasteiger partial charge in [0.1, 0.15) is 5.82 Å². The van der Waals surface area contributed by atoms with Crippen molar-refractivity contribution in [2.24, 2.45) is 5.73 Å². The van der Waals surface area contributed by atoms with Crippen molar-refractivity contribution in [2.75, 3.05) is 5.32 Å². The van der Waals surface area contributed by atoms with Crippen molar-refractivity contribution in [1.82, 2.24) is 0 Å². The minimum Gasteiger partial charge on any atom is -0.366 e. The number of carbonyl (C=O) groups excluding carboxylic acids is 2. The summed E-state index contributed by atoms with van der Waals surface area (Å²) < 4.78 is 13.0. The van der Waals surface area contributed by atoms with Crippen LogP contribution in [0.25, 0.3) is 0 Å². The molecule has 20 heavy (non-hydrogen) atoms. The van der Waals surface area contributed by atoms with Crippen LogP contribution in [0.1, 0.15) is 20.7 Å². The molecule has 0 unspecified atom stereocenters. The van der Waals surface area contributed by atoms with Crippen LogP contribution in [0.2, 0.25) is 5.02 Å². The largest absolute Gasteiger partial charge is 0.366 e. The van der Waals surface area contributed by atoms with Gasteiger partial charge < -0.3 is 11.1 Å². The number of nitrogens with one attached hydrogen (secondary N) is 1. The quantitative estimate of drug-likeness (QED) is 0.913. The van der Waals surface area contributed by atoms with Gasteiger partial charge in [0.2, 0.25) is 5.91 Å². The Morgan fingerprint density at radius 3 is 2.50 bits per heavy atom. The summed E-state index contributed by atoms with van der Waals surface area (Å²) in [6, 6.07) is 9.59. The third-order valence-electron chi connectivity index (χ3n) is 2.58. The second-order valence-corrected chi connectivity index (χ2v) is 4.43. The number of primary amides is 1. The van der Waals surface area contributed by atoms with E-state index in [0.29, 0.717) is 5.69 Å². The topological polar surface area (TPSA) is 72.2 Å². The van der Waals surface area contributed by atoms with Crippen LogP contribution >= 0.6 is 11.6 Å². The molecule has 0 aromatic heterocycles. The van der Waals surface area contributed by atoms with Crippen molar-refractivity contribution in [3.63, 3.8) is 0 Å². The van der Waals surface area contributed by atoms with Crippen molar-refractivity contribution >= 4 is 29.1 Å². The van der Waals surface area contributed by atoms with Gasteiger partial charge in [-0.15, -0.1) is 0 Å². The molecule has 3 N–H and O–H groups in total. The molecule has 0 radical (unpaired) electrons. The molecule has 0 bridgehead atoms. The summed E-state index contributed by atoms with van der Waals surface area (Å²) in [6.45, 7) is 0. The summed E-state index contributed by atoms with van der Waals surface area (Å²) >= 11 is 5.87. The van der Waals surface area contributed by atoms with Gasteiger partial charge in [-0.05, 0) is 36.4 Å². The number of nitrogens with two attached hydrogens (primary N) is 1. The molecule has 0 aliphatic heterocycles. The lowest BCUT2D eigenvalue weighted by molar-refractivity contribution is 0.0998. The van der Waals surface area contributed by atoms with Crippen LogP contribution in [0.5, 0.6) is 0 Å². The molecule has 6 heteroatoms. The van der Waals surface area contributed by atoms with Crippen LogP contribution in [-0.2, 0) is 0 Å². The number of rotatable bonds is 3. The van der Waals surface area contributed by atoms with Crippen LogP contribution in [0, 0.1) is 5.82 Å². The van der Waals surface area contributed by atoms with Gasteiger partial charge in [0.25, 0.3) is 5.91 Å². The second-order valence-electron chi connectivity index (χ2n) is 4.02. The lowest BCUT2D eigenvalue weighted by atomic mass is 10.1. The lowest BCUT2D eigenvalue weighted by Crippen LogP contribution is -2.14. The van der Waals surface area contributed by atoms with E-state index in [9.17, 15) is 14.0 Å². The van der Waals surface area contributed by atoms with Crippen LogP contribution in [0.4, 0.5) is 10.1 Å². The van der Waals surface area contributed by atoms with E-state index >= 15 is 0 Å². The van der Waals surface area contributed by atoms with E-state index in [0.717, 1.165) is 6.07 Å². The van der Waals surface area contributed by atoms with Crippen molar-refractivity contribution < 1.29 is 14.0 Å². The Labute approximate surface area is 119 Å². The standard InChI is InChI=1S/C14H10ClFN2O2/c15-12-7-10(4-5-11(12)13(17)19)18-14(20)8-2-1-3-9(16)6-8/h1-7H,(H2,17,19)(H,18,20). The van der Waals surface area contributed by atoms with Crippen LogP contribution in [0.15, 0.2) is 42.5 Å². The van der Waals surface area contributed by atoms with Gasteiger partial charge in [0.05, 0.1) is 10.6 Å². The molecule has 0 saturated heterocycles. The van der Waals surface area contributed by atoms with Crippen molar-refractivity contribution in [3.05, 3.63) is 64.4 Å². The third-order valence-corrected chi connectivity index (χ3v) is 2.89. The molecule has 2 amide bonds. The average molecular weight is 293 g/mol. The molecule has 0 fully saturated rings. The summed E-state index contributed by atoms with van der Waals surface area (Å²) in [6.07, 6.45) is 0. The van der Waals surface area contributed by atoms with E-state index in [2.05, 4.69) is 5.32 Å². The first-order valence-electron chi connectivity index (χ1n) is 5.63. The molecule has 0 saturated carbocycles. The predicted molar refractivity (Wildman–Crippen MR) is 74.3 cm³/mol. The highest BCUT2D eigenvalue weighted by Crippen LogP contribution is 2.21. The highest BCUT2D eigenvalue weighted by molar-refractivity contribution is 6.34. The number of carbonyl (C=O) groups is 2. The van der Waals surface area contributed by atoms with E-state index in [1.807, 2.05) is 0 Å². The Bertz CT molecular complexity index is 689. The molecular weight excluding hydrogens is 283 g/mol.